The van der Waals surface area contributed by atoms with Crippen LogP contribution in [-0.4, -0.2) is 44.1 Å². The number of aryl methyl sites for hydroxylation is 2. The first-order valence-corrected chi connectivity index (χ1v) is 16.6. The molecule has 1 aliphatic rings. The number of sulfonamides is 1. The summed E-state index contributed by atoms with van der Waals surface area (Å²) in [7, 11) is -5.78. The SMILES string of the molecule is Cc1noc(-c2cc(-c3cc(S(=O)(=O)NOC4CC(O[Si](C)(C)C(C)(C)C)C4)ccc3C)cnc2N)n1. The zero-order valence-corrected chi connectivity index (χ0v) is 24.1. The Morgan fingerprint density at radius 2 is 1.81 bits per heavy atom. The number of nitrogens with one attached hydrogen (secondary N) is 1. The van der Waals surface area contributed by atoms with Gasteiger partial charge in [0.05, 0.1) is 22.7 Å². The number of nitrogens with two attached hydrogens (primary N) is 1. The van der Waals surface area contributed by atoms with Crippen molar-refractivity contribution in [3.8, 4) is 22.6 Å². The normalized spacial score (nSPS) is 18.6. The van der Waals surface area contributed by atoms with Crippen LogP contribution in [0.25, 0.3) is 22.6 Å². The Kier molecular flexibility index (Phi) is 7.34. The van der Waals surface area contributed by atoms with Crippen LogP contribution in [0.4, 0.5) is 5.82 Å². The lowest BCUT2D eigenvalue weighted by molar-refractivity contribution is -0.0853. The summed E-state index contributed by atoms with van der Waals surface area (Å²) in [6.07, 6.45) is 2.76. The molecule has 1 aromatic carbocycles. The van der Waals surface area contributed by atoms with Crippen LogP contribution in [0.15, 0.2) is 39.9 Å². The van der Waals surface area contributed by atoms with E-state index >= 15 is 0 Å². The fourth-order valence-corrected chi connectivity index (χ4v) is 6.02. The lowest BCUT2D eigenvalue weighted by Crippen LogP contribution is -2.50. The van der Waals surface area contributed by atoms with Crippen LogP contribution in [-0.2, 0) is 19.3 Å². The number of nitrogen functional groups attached to an aromatic ring is 1. The maximum Gasteiger partial charge on any atom is 0.262 e. The summed E-state index contributed by atoms with van der Waals surface area (Å²) in [6, 6.07) is 6.63. The molecule has 37 heavy (non-hydrogen) atoms. The van der Waals surface area contributed by atoms with Gasteiger partial charge in [0.25, 0.3) is 15.9 Å². The molecule has 1 saturated carbocycles. The van der Waals surface area contributed by atoms with Crippen LogP contribution in [0.2, 0.25) is 18.1 Å². The number of rotatable bonds is 8. The molecule has 0 atom stereocenters. The molecule has 2 aromatic heterocycles. The van der Waals surface area contributed by atoms with Gasteiger partial charge in [-0.1, -0.05) is 36.9 Å². The first-order valence-electron chi connectivity index (χ1n) is 12.2. The molecule has 12 heteroatoms. The van der Waals surface area contributed by atoms with E-state index in [0.29, 0.717) is 35.4 Å². The molecule has 200 valence electrons. The minimum Gasteiger partial charge on any atom is -0.414 e. The summed E-state index contributed by atoms with van der Waals surface area (Å²) in [5.74, 6) is 0.955. The zero-order valence-electron chi connectivity index (χ0n) is 22.3. The highest BCUT2D eigenvalue weighted by molar-refractivity contribution is 7.89. The van der Waals surface area contributed by atoms with E-state index in [-0.39, 0.29) is 33.9 Å². The summed E-state index contributed by atoms with van der Waals surface area (Å²) in [5.41, 5.74) is 8.72. The Hall–Kier alpha value is -2.64. The van der Waals surface area contributed by atoms with Crippen molar-refractivity contribution in [1.29, 1.82) is 0 Å². The van der Waals surface area contributed by atoms with E-state index in [1.807, 2.05) is 6.92 Å². The molecule has 0 bridgehead atoms. The number of anilines is 1. The molecule has 4 rings (SSSR count). The number of hydrogen-bond donors (Lipinski definition) is 2. The third-order valence-corrected chi connectivity index (χ3v) is 12.9. The zero-order chi connectivity index (χ0) is 27.2. The summed E-state index contributed by atoms with van der Waals surface area (Å²) in [5, 5.41) is 3.92. The fourth-order valence-electron chi connectivity index (χ4n) is 3.76. The summed E-state index contributed by atoms with van der Waals surface area (Å²) in [4.78, 5) is 16.4. The average molecular weight is 546 g/mol. The van der Waals surface area contributed by atoms with Crippen LogP contribution in [0.3, 0.4) is 0 Å². The Bertz CT molecular complexity index is 1390. The van der Waals surface area contributed by atoms with Crippen LogP contribution >= 0.6 is 0 Å². The number of benzene rings is 1. The molecule has 0 spiro atoms. The van der Waals surface area contributed by atoms with Crippen molar-refractivity contribution < 1.29 is 22.2 Å². The van der Waals surface area contributed by atoms with E-state index in [1.165, 1.54) is 0 Å². The van der Waals surface area contributed by atoms with Crippen molar-refractivity contribution in [1.82, 2.24) is 20.0 Å². The predicted octanol–water partition coefficient (Wildman–Crippen LogP) is 4.76. The van der Waals surface area contributed by atoms with Crippen LogP contribution in [0.1, 0.15) is 45.0 Å². The molecular weight excluding hydrogens is 510 g/mol. The summed E-state index contributed by atoms with van der Waals surface area (Å²) in [6.45, 7) is 14.6. The van der Waals surface area contributed by atoms with Gasteiger partial charge < -0.3 is 14.7 Å². The van der Waals surface area contributed by atoms with Gasteiger partial charge in [-0.05, 0) is 61.3 Å². The molecule has 0 radical (unpaired) electrons. The molecule has 0 unspecified atom stereocenters. The maximum atomic E-state index is 13.0. The highest BCUT2D eigenvalue weighted by Crippen LogP contribution is 2.40. The van der Waals surface area contributed by atoms with Crippen molar-refractivity contribution in [3.63, 3.8) is 0 Å². The van der Waals surface area contributed by atoms with Crippen molar-refractivity contribution in [2.24, 2.45) is 0 Å². The largest absolute Gasteiger partial charge is 0.414 e. The van der Waals surface area contributed by atoms with Gasteiger partial charge in [0.2, 0.25) is 0 Å². The average Bonchev–Trinajstić information content (AvgIpc) is 3.21. The molecule has 10 nitrogen and oxygen atoms in total. The summed E-state index contributed by atoms with van der Waals surface area (Å²) >= 11 is 0. The Balaban J connectivity index is 1.46. The van der Waals surface area contributed by atoms with E-state index in [4.69, 9.17) is 19.5 Å². The molecule has 1 aliphatic carbocycles. The first kappa shape index (κ1) is 27.4. The lowest BCUT2D eigenvalue weighted by Gasteiger charge is -2.44. The molecule has 0 aliphatic heterocycles. The first-order chi connectivity index (χ1) is 17.2. The Labute approximate surface area is 219 Å². The van der Waals surface area contributed by atoms with Crippen molar-refractivity contribution in [2.45, 2.75) is 82.7 Å². The van der Waals surface area contributed by atoms with Crippen molar-refractivity contribution in [3.05, 3.63) is 41.9 Å². The molecule has 3 N–H and O–H groups in total. The monoisotopic (exact) mass is 545 g/mol. The number of nitrogens with zero attached hydrogens (tertiary/aromatic N) is 3. The highest BCUT2D eigenvalue weighted by Gasteiger charge is 2.43. The second-order valence-electron chi connectivity index (χ2n) is 11.1. The third kappa shape index (κ3) is 5.93. The Morgan fingerprint density at radius 1 is 1.11 bits per heavy atom. The van der Waals surface area contributed by atoms with E-state index < -0.39 is 18.3 Å². The van der Waals surface area contributed by atoms with Crippen LogP contribution in [0, 0.1) is 13.8 Å². The van der Waals surface area contributed by atoms with Crippen LogP contribution in [0.5, 0.6) is 0 Å². The molecule has 0 amide bonds. The summed E-state index contributed by atoms with van der Waals surface area (Å²) < 4.78 is 37.7. The minimum absolute atomic E-state index is 0.0773. The highest BCUT2D eigenvalue weighted by atomic mass is 32.2. The van der Waals surface area contributed by atoms with Gasteiger partial charge >= 0.3 is 0 Å². The molecule has 1 fully saturated rings. The van der Waals surface area contributed by atoms with Gasteiger partial charge in [-0.2, -0.15) is 4.98 Å². The standard InChI is InChI=1S/C25H35N5O5SSi/c1-15-8-9-20(13-21(15)17-10-22(23(26)27-14-17)24-28-16(2)29-34-24)36(31,32)30-33-18-11-19(12-18)35-37(6,7)25(3,4)5/h8-10,13-14,18-19,30H,11-12H2,1-7H3,(H2,26,27). The molecule has 0 saturated heterocycles. The second kappa shape index (κ2) is 9.91. The van der Waals surface area contributed by atoms with Gasteiger partial charge in [-0.25, -0.2) is 13.4 Å². The van der Waals surface area contributed by atoms with Crippen molar-refractivity contribution in [2.75, 3.05) is 5.73 Å². The second-order valence-corrected chi connectivity index (χ2v) is 17.5. The van der Waals surface area contributed by atoms with E-state index in [1.54, 1.807) is 37.4 Å². The topological polar surface area (TPSA) is 142 Å². The van der Waals surface area contributed by atoms with E-state index in [0.717, 1.165) is 5.56 Å². The number of hydrogen-bond acceptors (Lipinski definition) is 9. The number of pyridine rings is 1. The minimum atomic E-state index is -3.91. The lowest BCUT2D eigenvalue weighted by atomic mass is 9.93. The third-order valence-electron chi connectivity index (χ3n) is 7.15. The maximum absolute atomic E-state index is 13.0. The van der Waals surface area contributed by atoms with Crippen molar-refractivity contribution >= 4 is 24.2 Å². The quantitative estimate of drug-likeness (QED) is 0.302. The van der Waals surface area contributed by atoms with E-state index in [2.05, 4.69) is 53.9 Å². The van der Waals surface area contributed by atoms with Gasteiger partial charge in [0.15, 0.2) is 14.1 Å². The van der Waals surface area contributed by atoms with Gasteiger partial charge in [-0.15, -0.1) is 0 Å². The molecular formula is C25H35N5O5SSi. The van der Waals surface area contributed by atoms with Gasteiger partial charge in [0, 0.05) is 24.6 Å². The predicted molar refractivity (Wildman–Crippen MR) is 143 cm³/mol. The molecule has 2 heterocycles. The Morgan fingerprint density at radius 3 is 2.43 bits per heavy atom. The smallest absolute Gasteiger partial charge is 0.262 e. The van der Waals surface area contributed by atoms with E-state index in [9.17, 15) is 8.42 Å². The number of aromatic nitrogens is 3. The fraction of sp³-hybridized carbons (Fsp3) is 0.480. The van der Waals surface area contributed by atoms with Crippen LogP contribution < -0.4 is 10.6 Å². The van der Waals surface area contributed by atoms with Gasteiger partial charge in [0.1, 0.15) is 5.82 Å². The van der Waals surface area contributed by atoms with Gasteiger partial charge in [-0.3, -0.25) is 4.84 Å². The molecule has 3 aromatic rings.